The molecule has 0 saturated heterocycles. The van der Waals surface area contributed by atoms with Gasteiger partial charge in [0.2, 0.25) is 5.91 Å². The lowest BCUT2D eigenvalue weighted by Crippen LogP contribution is -2.42. The van der Waals surface area contributed by atoms with Crippen molar-refractivity contribution in [1.29, 1.82) is 0 Å². The van der Waals surface area contributed by atoms with E-state index in [-0.39, 0.29) is 17.6 Å². The highest BCUT2D eigenvalue weighted by molar-refractivity contribution is 5.94. The lowest BCUT2D eigenvalue weighted by Gasteiger charge is -2.28. The summed E-state index contributed by atoms with van der Waals surface area (Å²) in [5.74, 6) is -0.447. The van der Waals surface area contributed by atoms with Crippen molar-refractivity contribution in [3.8, 4) is 0 Å². The Bertz CT molecular complexity index is 779. The number of hydrogen-bond donors (Lipinski definition) is 2. The first-order valence-corrected chi connectivity index (χ1v) is 8.90. The van der Waals surface area contributed by atoms with Crippen LogP contribution in [0, 0.1) is 5.82 Å². The fourth-order valence-corrected chi connectivity index (χ4v) is 3.66. The predicted molar refractivity (Wildman–Crippen MR) is 98.2 cm³/mol. The van der Waals surface area contributed by atoms with Gasteiger partial charge in [-0.25, -0.2) is 4.39 Å². The Kier molecular flexibility index (Phi) is 5.35. The average Bonchev–Trinajstić information content (AvgIpc) is 3.17. The third kappa shape index (κ3) is 3.62. The third-order valence-corrected chi connectivity index (χ3v) is 5.18. The maximum absolute atomic E-state index is 13.3. The van der Waals surface area contributed by atoms with Gasteiger partial charge in [-0.15, -0.1) is 0 Å². The smallest absolute Gasteiger partial charge is 0.251 e. The van der Waals surface area contributed by atoms with Gasteiger partial charge in [-0.1, -0.05) is 37.1 Å². The highest BCUT2D eigenvalue weighted by atomic mass is 19.1. The van der Waals surface area contributed by atoms with E-state index in [2.05, 4.69) is 10.6 Å². The van der Waals surface area contributed by atoms with Gasteiger partial charge in [0.25, 0.3) is 5.91 Å². The fraction of sp³-hybridized carbons (Fsp3) is 0.333. The SMILES string of the molecule is CNC(=O)c1ccc(CNC(=O)C2(c3ccc(F)cc3)CCCC2)cc1. The molecule has 4 nitrogen and oxygen atoms in total. The molecule has 1 aliphatic carbocycles. The van der Waals surface area contributed by atoms with Crippen molar-refractivity contribution in [2.75, 3.05) is 7.05 Å². The minimum atomic E-state index is -0.574. The Labute approximate surface area is 152 Å². The second-order valence-corrected chi connectivity index (χ2v) is 6.75. The number of nitrogens with one attached hydrogen (secondary N) is 2. The van der Waals surface area contributed by atoms with Crippen LogP contribution in [0.2, 0.25) is 0 Å². The summed E-state index contributed by atoms with van der Waals surface area (Å²) >= 11 is 0. The van der Waals surface area contributed by atoms with Gasteiger partial charge in [0.1, 0.15) is 5.82 Å². The van der Waals surface area contributed by atoms with Crippen LogP contribution < -0.4 is 10.6 Å². The van der Waals surface area contributed by atoms with Crippen LogP contribution in [0.25, 0.3) is 0 Å². The molecule has 26 heavy (non-hydrogen) atoms. The van der Waals surface area contributed by atoms with E-state index < -0.39 is 5.41 Å². The lowest BCUT2D eigenvalue weighted by atomic mass is 9.78. The molecule has 0 spiro atoms. The Morgan fingerprint density at radius 3 is 2.19 bits per heavy atom. The van der Waals surface area contributed by atoms with Crippen molar-refractivity contribution in [1.82, 2.24) is 10.6 Å². The zero-order chi connectivity index (χ0) is 18.6. The highest BCUT2D eigenvalue weighted by Gasteiger charge is 2.42. The van der Waals surface area contributed by atoms with Gasteiger partial charge in [0.05, 0.1) is 5.41 Å². The van der Waals surface area contributed by atoms with Gasteiger partial charge in [-0.3, -0.25) is 9.59 Å². The molecule has 0 aliphatic heterocycles. The largest absolute Gasteiger partial charge is 0.355 e. The summed E-state index contributed by atoms with van der Waals surface area (Å²) in [5, 5.41) is 5.60. The number of carbonyl (C=O) groups is 2. The molecular weight excluding hydrogens is 331 g/mol. The van der Waals surface area contributed by atoms with E-state index in [0.29, 0.717) is 12.1 Å². The van der Waals surface area contributed by atoms with E-state index in [1.54, 1.807) is 31.3 Å². The summed E-state index contributed by atoms with van der Waals surface area (Å²) in [6.45, 7) is 0.399. The van der Waals surface area contributed by atoms with Gasteiger partial charge in [0, 0.05) is 19.2 Å². The lowest BCUT2D eigenvalue weighted by molar-refractivity contribution is -0.126. The van der Waals surface area contributed by atoms with Crippen LogP contribution in [0.1, 0.15) is 47.2 Å². The monoisotopic (exact) mass is 354 g/mol. The zero-order valence-corrected chi connectivity index (χ0v) is 14.8. The summed E-state index contributed by atoms with van der Waals surface area (Å²) < 4.78 is 13.3. The second-order valence-electron chi connectivity index (χ2n) is 6.75. The molecule has 2 N–H and O–H groups in total. The summed E-state index contributed by atoms with van der Waals surface area (Å²) in [4.78, 5) is 24.6. The normalized spacial score (nSPS) is 15.5. The Hall–Kier alpha value is -2.69. The van der Waals surface area contributed by atoms with Crippen LogP contribution in [-0.4, -0.2) is 18.9 Å². The molecule has 0 atom stereocenters. The standard InChI is InChI=1S/C21H23FN2O2/c1-23-19(25)16-6-4-15(5-7-16)14-24-20(26)21(12-2-3-13-21)17-8-10-18(22)11-9-17/h4-11H,2-3,12-14H2,1H3,(H,23,25)(H,24,26). The van der Waals surface area contributed by atoms with E-state index in [1.165, 1.54) is 12.1 Å². The fourth-order valence-electron chi connectivity index (χ4n) is 3.66. The second kappa shape index (κ2) is 7.68. The Balaban J connectivity index is 1.71. The molecule has 2 aromatic carbocycles. The maximum Gasteiger partial charge on any atom is 0.251 e. The molecule has 0 unspecified atom stereocenters. The molecule has 2 aromatic rings. The summed E-state index contributed by atoms with van der Waals surface area (Å²) in [7, 11) is 1.59. The van der Waals surface area contributed by atoms with Crippen LogP contribution in [0.3, 0.4) is 0 Å². The highest BCUT2D eigenvalue weighted by Crippen LogP contribution is 2.41. The number of halogens is 1. The molecule has 1 saturated carbocycles. The van der Waals surface area contributed by atoms with Crippen LogP contribution >= 0.6 is 0 Å². The maximum atomic E-state index is 13.3. The quantitative estimate of drug-likeness (QED) is 0.865. The molecule has 3 rings (SSSR count). The summed E-state index contributed by atoms with van der Waals surface area (Å²) in [6.07, 6.45) is 3.54. The van der Waals surface area contributed by atoms with Crippen LogP contribution in [0.4, 0.5) is 4.39 Å². The molecule has 2 amide bonds. The molecule has 0 aromatic heterocycles. The van der Waals surface area contributed by atoms with Gasteiger partial charge in [-0.2, -0.15) is 0 Å². The number of amides is 2. The third-order valence-electron chi connectivity index (χ3n) is 5.18. The molecule has 0 bridgehead atoms. The van der Waals surface area contributed by atoms with Crippen LogP contribution in [-0.2, 0) is 16.8 Å². The number of hydrogen-bond acceptors (Lipinski definition) is 2. The molecule has 0 heterocycles. The van der Waals surface area contributed by atoms with Crippen molar-refractivity contribution >= 4 is 11.8 Å². The number of carbonyl (C=O) groups excluding carboxylic acids is 2. The van der Waals surface area contributed by atoms with Gasteiger partial charge < -0.3 is 10.6 Å². The summed E-state index contributed by atoms with van der Waals surface area (Å²) in [5.41, 5.74) is 1.82. The summed E-state index contributed by atoms with van der Waals surface area (Å²) in [6, 6.07) is 13.4. The first-order valence-electron chi connectivity index (χ1n) is 8.90. The Morgan fingerprint density at radius 1 is 1.00 bits per heavy atom. The van der Waals surface area contributed by atoms with Gasteiger partial charge >= 0.3 is 0 Å². The molecule has 0 radical (unpaired) electrons. The molecule has 5 heteroatoms. The Morgan fingerprint density at radius 2 is 1.62 bits per heavy atom. The predicted octanol–water partition coefficient (Wildman–Crippen LogP) is 3.31. The van der Waals surface area contributed by atoms with Gasteiger partial charge in [0.15, 0.2) is 0 Å². The van der Waals surface area contributed by atoms with Crippen molar-refractivity contribution in [2.24, 2.45) is 0 Å². The van der Waals surface area contributed by atoms with Gasteiger partial charge in [-0.05, 0) is 48.2 Å². The first kappa shape index (κ1) is 18.1. The van der Waals surface area contributed by atoms with Crippen molar-refractivity contribution in [3.05, 3.63) is 71.0 Å². The van der Waals surface area contributed by atoms with Crippen molar-refractivity contribution < 1.29 is 14.0 Å². The van der Waals surface area contributed by atoms with Crippen LogP contribution in [0.5, 0.6) is 0 Å². The zero-order valence-electron chi connectivity index (χ0n) is 14.8. The number of rotatable bonds is 5. The van der Waals surface area contributed by atoms with E-state index in [1.807, 2.05) is 12.1 Å². The minimum Gasteiger partial charge on any atom is -0.355 e. The topological polar surface area (TPSA) is 58.2 Å². The van der Waals surface area contributed by atoms with E-state index in [0.717, 1.165) is 36.8 Å². The minimum absolute atomic E-state index is 0.0167. The molecule has 136 valence electrons. The van der Waals surface area contributed by atoms with Crippen molar-refractivity contribution in [2.45, 2.75) is 37.6 Å². The molecule has 1 fully saturated rings. The van der Waals surface area contributed by atoms with E-state index in [9.17, 15) is 14.0 Å². The van der Waals surface area contributed by atoms with Crippen LogP contribution in [0.15, 0.2) is 48.5 Å². The molecule has 1 aliphatic rings. The molecular formula is C21H23FN2O2. The van der Waals surface area contributed by atoms with Crippen molar-refractivity contribution in [3.63, 3.8) is 0 Å². The average molecular weight is 354 g/mol. The number of benzene rings is 2. The van der Waals surface area contributed by atoms with E-state index in [4.69, 9.17) is 0 Å². The van der Waals surface area contributed by atoms with E-state index >= 15 is 0 Å². The first-order chi connectivity index (χ1) is 12.5.